The van der Waals surface area contributed by atoms with Crippen molar-refractivity contribution in [1.82, 2.24) is 4.98 Å². The summed E-state index contributed by atoms with van der Waals surface area (Å²) in [7, 11) is 3.26. The summed E-state index contributed by atoms with van der Waals surface area (Å²) in [5.74, 6) is 7.99. The Labute approximate surface area is 112 Å². The third kappa shape index (κ3) is 2.29. The van der Waals surface area contributed by atoms with Gasteiger partial charge in [0.2, 0.25) is 0 Å². The number of hydrazine groups is 1. The van der Waals surface area contributed by atoms with E-state index in [1.807, 2.05) is 18.2 Å². The molecular weight excluding hydrogens is 242 g/mol. The zero-order valence-electron chi connectivity index (χ0n) is 11.7. The highest BCUT2D eigenvalue weighted by atomic mass is 16.5. The average Bonchev–Trinajstić information content (AvgIpc) is 2.44. The Morgan fingerprint density at radius 2 is 1.79 bits per heavy atom. The largest absolute Gasteiger partial charge is 0.496 e. The van der Waals surface area contributed by atoms with Crippen LogP contribution in [0.3, 0.4) is 0 Å². The molecule has 0 aliphatic heterocycles. The predicted octanol–water partition coefficient (Wildman–Crippen LogP) is 2.66. The molecule has 5 heteroatoms. The Balaban J connectivity index is 2.82. The zero-order valence-corrected chi connectivity index (χ0v) is 11.7. The number of methoxy groups -OCH3 is 2. The van der Waals surface area contributed by atoms with Crippen LogP contribution < -0.4 is 20.7 Å². The number of nitrogen functional groups attached to an aromatic ring is 1. The number of hydrogen-bond acceptors (Lipinski definition) is 5. The molecule has 0 spiro atoms. The molecule has 19 heavy (non-hydrogen) atoms. The molecule has 2 aromatic rings. The smallest absolute Gasteiger partial charge is 0.145 e. The summed E-state index contributed by atoms with van der Waals surface area (Å²) in [4.78, 5) is 4.55. The Hall–Kier alpha value is -2.01. The Kier molecular flexibility index (Phi) is 3.76. The molecule has 1 aromatic heterocycles. The SMILES string of the molecule is COc1ccc(OC)c2nc(NN)c(C(C)C)cc12. The molecule has 0 amide bonds. The van der Waals surface area contributed by atoms with E-state index in [9.17, 15) is 0 Å². The van der Waals surface area contributed by atoms with Crippen LogP contribution in [0.1, 0.15) is 25.3 Å². The zero-order chi connectivity index (χ0) is 14.0. The third-order valence-electron chi connectivity index (χ3n) is 3.14. The van der Waals surface area contributed by atoms with Gasteiger partial charge in [-0.2, -0.15) is 0 Å². The molecule has 0 atom stereocenters. The quantitative estimate of drug-likeness (QED) is 0.654. The summed E-state index contributed by atoms with van der Waals surface area (Å²) in [6, 6.07) is 5.76. The van der Waals surface area contributed by atoms with Crippen molar-refractivity contribution in [3.8, 4) is 11.5 Å². The number of hydrogen-bond donors (Lipinski definition) is 2. The Morgan fingerprint density at radius 1 is 1.16 bits per heavy atom. The molecule has 5 nitrogen and oxygen atoms in total. The molecular formula is C14H19N3O2. The second kappa shape index (κ2) is 5.32. The molecule has 3 N–H and O–H groups in total. The lowest BCUT2D eigenvalue weighted by Crippen LogP contribution is -2.12. The number of ether oxygens (including phenoxy) is 2. The first-order valence-electron chi connectivity index (χ1n) is 6.14. The highest BCUT2D eigenvalue weighted by Gasteiger charge is 2.15. The Morgan fingerprint density at radius 3 is 2.32 bits per heavy atom. The van der Waals surface area contributed by atoms with Gasteiger partial charge in [-0.25, -0.2) is 10.8 Å². The van der Waals surface area contributed by atoms with E-state index in [-0.39, 0.29) is 0 Å². The fraction of sp³-hybridized carbons (Fsp3) is 0.357. The van der Waals surface area contributed by atoms with E-state index in [2.05, 4.69) is 24.3 Å². The average molecular weight is 261 g/mol. The molecule has 0 aliphatic carbocycles. The minimum Gasteiger partial charge on any atom is -0.496 e. The minimum absolute atomic E-state index is 0.304. The second-order valence-corrected chi connectivity index (χ2v) is 4.59. The van der Waals surface area contributed by atoms with Crippen molar-refractivity contribution in [1.29, 1.82) is 0 Å². The first-order valence-corrected chi connectivity index (χ1v) is 6.14. The highest BCUT2D eigenvalue weighted by Crippen LogP contribution is 2.36. The lowest BCUT2D eigenvalue weighted by atomic mass is 10.0. The van der Waals surface area contributed by atoms with Crippen molar-refractivity contribution in [2.45, 2.75) is 19.8 Å². The number of anilines is 1. The third-order valence-corrected chi connectivity index (χ3v) is 3.14. The van der Waals surface area contributed by atoms with E-state index in [1.54, 1.807) is 14.2 Å². The summed E-state index contributed by atoms with van der Waals surface area (Å²) in [6.45, 7) is 4.19. The van der Waals surface area contributed by atoms with E-state index in [0.29, 0.717) is 17.5 Å². The molecule has 1 aromatic carbocycles. The number of nitrogens with two attached hydrogens (primary N) is 1. The normalized spacial score (nSPS) is 10.8. The predicted molar refractivity (Wildman–Crippen MR) is 76.7 cm³/mol. The number of pyridine rings is 1. The lowest BCUT2D eigenvalue weighted by Gasteiger charge is -2.15. The van der Waals surface area contributed by atoms with Crippen LogP contribution in [0.2, 0.25) is 0 Å². The molecule has 2 rings (SSSR count). The monoisotopic (exact) mass is 261 g/mol. The summed E-state index contributed by atoms with van der Waals surface area (Å²) >= 11 is 0. The first kappa shape index (κ1) is 13.4. The van der Waals surface area contributed by atoms with Crippen LogP contribution in [-0.2, 0) is 0 Å². The van der Waals surface area contributed by atoms with Crippen molar-refractivity contribution < 1.29 is 9.47 Å². The maximum atomic E-state index is 5.56. The van der Waals surface area contributed by atoms with Gasteiger partial charge >= 0.3 is 0 Å². The number of rotatable bonds is 4. The van der Waals surface area contributed by atoms with E-state index in [1.165, 1.54) is 0 Å². The lowest BCUT2D eigenvalue weighted by molar-refractivity contribution is 0.409. The summed E-state index contributed by atoms with van der Waals surface area (Å²) < 4.78 is 10.7. The van der Waals surface area contributed by atoms with Gasteiger partial charge in [-0.15, -0.1) is 0 Å². The van der Waals surface area contributed by atoms with Crippen LogP contribution >= 0.6 is 0 Å². The molecule has 102 valence electrons. The van der Waals surface area contributed by atoms with Gasteiger partial charge in [-0.05, 0) is 29.7 Å². The van der Waals surface area contributed by atoms with Gasteiger partial charge in [0.05, 0.1) is 14.2 Å². The fourth-order valence-electron chi connectivity index (χ4n) is 2.12. The standard InChI is InChI=1S/C14H19N3O2/c1-8(2)9-7-10-11(18-3)5-6-12(19-4)13(10)16-14(9)17-15/h5-8H,15H2,1-4H3,(H,16,17). The van der Waals surface area contributed by atoms with Crippen LogP contribution in [0, 0.1) is 0 Å². The van der Waals surface area contributed by atoms with E-state index in [4.69, 9.17) is 15.3 Å². The van der Waals surface area contributed by atoms with Crippen LogP contribution in [-0.4, -0.2) is 19.2 Å². The summed E-state index contributed by atoms with van der Waals surface area (Å²) in [5.41, 5.74) is 4.43. The second-order valence-electron chi connectivity index (χ2n) is 4.59. The van der Waals surface area contributed by atoms with E-state index in [0.717, 1.165) is 22.2 Å². The minimum atomic E-state index is 0.304. The van der Waals surface area contributed by atoms with Crippen LogP contribution in [0.25, 0.3) is 10.9 Å². The molecule has 0 bridgehead atoms. The maximum Gasteiger partial charge on any atom is 0.145 e. The molecule has 0 radical (unpaired) electrons. The topological polar surface area (TPSA) is 69.4 Å². The molecule has 1 heterocycles. The van der Waals surface area contributed by atoms with Gasteiger partial charge in [0.25, 0.3) is 0 Å². The fourth-order valence-corrected chi connectivity index (χ4v) is 2.12. The van der Waals surface area contributed by atoms with Crippen molar-refractivity contribution >= 4 is 16.7 Å². The van der Waals surface area contributed by atoms with Gasteiger partial charge in [0.1, 0.15) is 22.8 Å². The van der Waals surface area contributed by atoms with Crippen molar-refractivity contribution in [3.05, 3.63) is 23.8 Å². The molecule has 0 fully saturated rings. The maximum absolute atomic E-state index is 5.56. The van der Waals surface area contributed by atoms with Crippen molar-refractivity contribution in [3.63, 3.8) is 0 Å². The van der Waals surface area contributed by atoms with Gasteiger partial charge in [-0.1, -0.05) is 13.8 Å². The van der Waals surface area contributed by atoms with Gasteiger partial charge in [0.15, 0.2) is 0 Å². The van der Waals surface area contributed by atoms with Crippen molar-refractivity contribution in [2.24, 2.45) is 5.84 Å². The molecule has 0 unspecified atom stereocenters. The highest BCUT2D eigenvalue weighted by molar-refractivity contribution is 5.92. The van der Waals surface area contributed by atoms with Crippen LogP contribution in [0.5, 0.6) is 11.5 Å². The molecule has 0 aliphatic rings. The van der Waals surface area contributed by atoms with Gasteiger partial charge < -0.3 is 14.9 Å². The summed E-state index contributed by atoms with van der Waals surface area (Å²) in [6.07, 6.45) is 0. The van der Waals surface area contributed by atoms with Crippen LogP contribution in [0.15, 0.2) is 18.2 Å². The summed E-state index contributed by atoms with van der Waals surface area (Å²) in [5, 5.41) is 0.921. The van der Waals surface area contributed by atoms with Crippen LogP contribution in [0.4, 0.5) is 5.82 Å². The number of fused-ring (bicyclic) bond motifs is 1. The number of aromatic nitrogens is 1. The number of benzene rings is 1. The molecule has 0 saturated heterocycles. The van der Waals surface area contributed by atoms with E-state index < -0.39 is 0 Å². The van der Waals surface area contributed by atoms with Gasteiger partial charge in [0, 0.05) is 5.39 Å². The number of nitrogens with zero attached hydrogens (tertiary/aromatic N) is 1. The number of nitrogens with one attached hydrogen (secondary N) is 1. The molecule has 0 saturated carbocycles. The first-order chi connectivity index (χ1) is 9.12. The Bertz CT molecular complexity index is 597. The van der Waals surface area contributed by atoms with Gasteiger partial charge in [-0.3, -0.25) is 0 Å². The van der Waals surface area contributed by atoms with Crippen molar-refractivity contribution in [2.75, 3.05) is 19.6 Å². The van der Waals surface area contributed by atoms with E-state index >= 15 is 0 Å².